The lowest BCUT2D eigenvalue weighted by Gasteiger charge is -2.17. The van der Waals surface area contributed by atoms with Gasteiger partial charge in [-0.05, 0) is 32.4 Å². The van der Waals surface area contributed by atoms with E-state index in [1.54, 1.807) is 24.7 Å². The highest BCUT2D eigenvalue weighted by atomic mass is 16.3. The minimum atomic E-state index is -0.705. The Labute approximate surface area is 129 Å². The van der Waals surface area contributed by atoms with Crippen molar-refractivity contribution in [2.45, 2.75) is 32.4 Å². The number of rotatable bonds is 5. The van der Waals surface area contributed by atoms with Crippen LogP contribution in [-0.4, -0.2) is 35.3 Å². The van der Waals surface area contributed by atoms with Gasteiger partial charge in [0, 0.05) is 18.9 Å². The summed E-state index contributed by atoms with van der Waals surface area (Å²) in [5.41, 5.74) is 0.962. The van der Waals surface area contributed by atoms with Crippen molar-refractivity contribution in [2.24, 2.45) is 0 Å². The first-order valence-electron chi connectivity index (χ1n) is 7.25. The van der Waals surface area contributed by atoms with Crippen molar-refractivity contribution in [3.8, 4) is 17.2 Å². The van der Waals surface area contributed by atoms with Gasteiger partial charge in [0.2, 0.25) is 0 Å². The Morgan fingerprint density at radius 3 is 2.68 bits per heavy atom. The Kier molecular flexibility index (Phi) is 3.77. The summed E-state index contributed by atoms with van der Waals surface area (Å²) in [5.74, 6) is 0.756. The highest BCUT2D eigenvalue weighted by Crippen LogP contribution is 2.18. The summed E-state index contributed by atoms with van der Waals surface area (Å²) < 4.78 is 3.71. The van der Waals surface area contributed by atoms with Gasteiger partial charge in [0.05, 0.1) is 17.5 Å². The molecule has 3 rings (SSSR count). The molecule has 22 heavy (non-hydrogen) atoms. The number of nitrogens with zero attached hydrogens (tertiary/aromatic N) is 5. The van der Waals surface area contributed by atoms with Crippen LogP contribution in [-0.2, 0) is 6.54 Å². The Hall–Kier alpha value is -2.47. The monoisotopic (exact) mass is 297 g/mol. The van der Waals surface area contributed by atoms with Crippen molar-refractivity contribution in [1.82, 2.24) is 24.5 Å². The summed E-state index contributed by atoms with van der Waals surface area (Å²) in [5, 5.41) is 18.2. The molecule has 0 aliphatic heterocycles. The number of benzene rings is 1. The number of imidazole rings is 1. The first-order chi connectivity index (χ1) is 10.5. The number of hydrogen-bond donors (Lipinski definition) is 1. The smallest absolute Gasteiger partial charge is 0.162 e. The Bertz CT molecular complexity index is 739. The Morgan fingerprint density at radius 2 is 1.95 bits per heavy atom. The second-order valence-electron chi connectivity index (χ2n) is 5.89. The largest absolute Gasteiger partial charge is 0.390 e. The average Bonchev–Trinajstić information content (AvgIpc) is 3.14. The minimum absolute atomic E-state index is 0.642. The molecule has 0 saturated heterocycles. The van der Waals surface area contributed by atoms with E-state index in [4.69, 9.17) is 0 Å². The Balaban J connectivity index is 1.84. The molecule has 0 aliphatic rings. The van der Waals surface area contributed by atoms with Gasteiger partial charge in [-0.1, -0.05) is 23.4 Å². The molecule has 0 bridgehead atoms. The van der Waals surface area contributed by atoms with Crippen LogP contribution in [0.5, 0.6) is 0 Å². The molecule has 1 N–H and O–H groups in total. The average molecular weight is 297 g/mol. The number of aryl methyl sites for hydroxylation is 1. The number of aliphatic hydroxyl groups is 1. The molecule has 0 radical (unpaired) electrons. The van der Waals surface area contributed by atoms with Crippen LogP contribution in [0.2, 0.25) is 0 Å². The van der Waals surface area contributed by atoms with Crippen molar-refractivity contribution in [3.05, 3.63) is 48.9 Å². The van der Waals surface area contributed by atoms with E-state index in [9.17, 15) is 5.11 Å². The molecule has 6 heteroatoms. The third-order valence-corrected chi connectivity index (χ3v) is 3.42. The summed E-state index contributed by atoms with van der Waals surface area (Å²) in [4.78, 5) is 4.36. The third-order valence-electron chi connectivity index (χ3n) is 3.42. The molecule has 0 saturated carbocycles. The molecule has 0 fully saturated rings. The van der Waals surface area contributed by atoms with Crippen LogP contribution < -0.4 is 0 Å². The highest BCUT2D eigenvalue weighted by molar-refractivity contribution is 5.48. The molecule has 0 aliphatic carbocycles. The second kappa shape index (κ2) is 5.73. The van der Waals surface area contributed by atoms with Gasteiger partial charge in [-0.25, -0.2) is 9.67 Å². The van der Waals surface area contributed by atoms with E-state index in [2.05, 4.69) is 15.3 Å². The molecular formula is C16H19N5O. The first-order valence-corrected chi connectivity index (χ1v) is 7.25. The summed E-state index contributed by atoms with van der Waals surface area (Å²) in [6.07, 6.45) is 6.13. The first kappa shape index (κ1) is 14.5. The van der Waals surface area contributed by atoms with Crippen LogP contribution >= 0.6 is 0 Å². The van der Waals surface area contributed by atoms with E-state index in [0.717, 1.165) is 11.5 Å². The van der Waals surface area contributed by atoms with Gasteiger partial charge in [-0.15, -0.1) is 5.10 Å². The summed E-state index contributed by atoms with van der Waals surface area (Å²) in [6.45, 7) is 4.28. The molecule has 0 atom stereocenters. The molecule has 1 aromatic carbocycles. The molecule has 3 aromatic rings. The zero-order chi connectivity index (χ0) is 15.6. The van der Waals surface area contributed by atoms with E-state index in [1.807, 2.05) is 47.3 Å². The van der Waals surface area contributed by atoms with Crippen LogP contribution in [0.4, 0.5) is 0 Å². The van der Waals surface area contributed by atoms with Crippen molar-refractivity contribution in [2.75, 3.05) is 0 Å². The van der Waals surface area contributed by atoms with E-state index < -0.39 is 5.60 Å². The lowest BCUT2D eigenvalue weighted by Crippen LogP contribution is -2.21. The van der Waals surface area contributed by atoms with Gasteiger partial charge < -0.3 is 9.67 Å². The molecule has 2 aromatic heterocycles. The molecule has 0 amide bonds. The SMILES string of the molecule is CC(C)(O)CCn1ccnc1-c1cn(-c2ccccc2)nn1. The maximum atomic E-state index is 9.86. The fourth-order valence-electron chi connectivity index (χ4n) is 2.19. The molecule has 6 nitrogen and oxygen atoms in total. The molecular weight excluding hydrogens is 278 g/mol. The lowest BCUT2D eigenvalue weighted by atomic mass is 10.1. The van der Waals surface area contributed by atoms with Crippen LogP contribution in [0.3, 0.4) is 0 Å². The van der Waals surface area contributed by atoms with Crippen molar-refractivity contribution in [1.29, 1.82) is 0 Å². The van der Waals surface area contributed by atoms with Crippen molar-refractivity contribution in [3.63, 3.8) is 0 Å². The maximum Gasteiger partial charge on any atom is 0.162 e. The molecule has 114 valence electrons. The van der Waals surface area contributed by atoms with Crippen molar-refractivity contribution >= 4 is 0 Å². The van der Waals surface area contributed by atoms with Gasteiger partial charge >= 0.3 is 0 Å². The summed E-state index contributed by atoms with van der Waals surface area (Å²) >= 11 is 0. The third kappa shape index (κ3) is 3.23. The lowest BCUT2D eigenvalue weighted by molar-refractivity contribution is 0.0663. The van der Waals surface area contributed by atoms with Gasteiger partial charge in [-0.3, -0.25) is 0 Å². The predicted octanol–water partition coefficient (Wildman–Crippen LogP) is 2.29. The molecule has 0 unspecified atom stereocenters. The maximum absolute atomic E-state index is 9.86. The predicted molar refractivity (Wildman–Crippen MR) is 83.5 cm³/mol. The van der Waals surface area contributed by atoms with Crippen LogP contribution in [0.1, 0.15) is 20.3 Å². The number of aromatic nitrogens is 5. The van der Waals surface area contributed by atoms with Gasteiger partial charge in [0.15, 0.2) is 5.82 Å². The molecule has 2 heterocycles. The summed E-state index contributed by atoms with van der Waals surface area (Å²) in [7, 11) is 0. The topological polar surface area (TPSA) is 68.8 Å². The van der Waals surface area contributed by atoms with Crippen molar-refractivity contribution < 1.29 is 5.11 Å². The zero-order valence-corrected chi connectivity index (χ0v) is 12.7. The van der Waals surface area contributed by atoms with E-state index >= 15 is 0 Å². The quantitative estimate of drug-likeness (QED) is 0.784. The minimum Gasteiger partial charge on any atom is -0.390 e. The zero-order valence-electron chi connectivity index (χ0n) is 12.7. The van der Waals surface area contributed by atoms with Gasteiger partial charge in [-0.2, -0.15) is 0 Å². The standard InChI is InChI=1S/C16H19N5O/c1-16(2,22)8-10-20-11-9-17-15(20)14-12-21(19-18-14)13-6-4-3-5-7-13/h3-7,9,11-12,22H,8,10H2,1-2H3. The van der Waals surface area contributed by atoms with Gasteiger partial charge in [0.25, 0.3) is 0 Å². The van der Waals surface area contributed by atoms with Gasteiger partial charge in [0.1, 0.15) is 5.69 Å². The summed E-state index contributed by atoms with van der Waals surface area (Å²) in [6, 6.07) is 9.82. The Morgan fingerprint density at radius 1 is 1.18 bits per heavy atom. The van der Waals surface area contributed by atoms with Crippen LogP contribution in [0, 0.1) is 0 Å². The highest BCUT2D eigenvalue weighted by Gasteiger charge is 2.15. The van der Waals surface area contributed by atoms with Crippen LogP contribution in [0.15, 0.2) is 48.9 Å². The molecule has 0 spiro atoms. The normalized spacial score (nSPS) is 11.8. The second-order valence-corrected chi connectivity index (χ2v) is 5.89. The van der Waals surface area contributed by atoms with E-state index in [1.165, 1.54) is 0 Å². The fraction of sp³-hybridized carbons (Fsp3) is 0.312. The van der Waals surface area contributed by atoms with E-state index in [-0.39, 0.29) is 0 Å². The number of para-hydroxylation sites is 1. The van der Waals surface area contributed by atoms with Crippen LogP contribution in [0.25, 0.3) is 17.2 Å². The number of hydrogen-bond acceptors (Lipinski definition) is 4. The van der Waals surface area contributed by atoms with E-state index in [0.29, 0.717) is 18.7 Å². The fourth-order valence-corrected chi connectivity index (χ4v) is 2.19.